The molecule has 0 saturated heterocycles. The van der Waals surface area contributed by atoms with Gasteiger partial charge in [0.15, 0.2) is 11.6 Å². The van der Waals surface area contributed by atoms with Gasteiger partial charge in [-0.25, -0.2) is 0 Å². The molecule has 0 radical (unpaired) electrons. The van der Waals surface area contributed by atoms with Crippen LogP contribution in [0.15, 0.2) is 18.2 Å². The lowest BCUT2D eigenvalue weighted by molar-refractivity contribution is 0.101. The van der Waals surface area contributed by atoms with Crippen molar-refractivity contribution in [1.29, 1.82) is 0 Å². The maximum absolute atomic E-state index is 11.1. The fourth-order valence-corrected chi connectivity index (χ4v) is 1.12. The first-order chi connectivity index (χ1) is 6.54. The third-order valence-corrected chi connectivity index (χ3v) is 1.91. The minimum absolute atomic E-state index is 0.0930. The van der Waals surface area contributed by atoms with Gasteiger partial charge in [0.2, 0.25) is 0 Å². The van der Waals surface area contributed by atoms with E-state index in [2.05, 4.69) is 5.43 Å². The van der Waals surface area contributed by atoms with Gasteiger partial charge in [-0.1, -0.05) is 0 Å². The van der Waals surface area contributed by atoms with Gasteiger partial charge in [0.1, 0.15) is 0 Å². The Hall–Kier alpha value is -1.68. The van der Waals surface area contributed by atoms with Crippen LogP contribution in [0.4, 0.5) is 5.69 Å². The Morgan fingerprint density at radius 1 is 1.07 bits per heavy atom. The number of ketones is 2. The second kappa shape index (κ2) is 4.02. The molecule has 0 amide bonds. The number of nitrogen functional groups attached to an aromatic ring is 1. The topological polar surface area (TPSA) is 72.2 Å². The number of carbonyl (C=O) groups is 2. The van der Waals surface area contributed by atoms with Gasteiger partial charge in [-0.15, -0.1) is 0 Å². The van der Waals surface area contributed by atoms with Crippen LogP contribution >= 0.6 is 0 Å². The molecular formula is C10H12N2O2. The minimum atomic E-state index is -0.0930. The van der Waals surface area contributed by atoms with Gasteiger partial charge in [-0.3, -0.25) is 15.4 Å². The molecule has 1 aromatic rings. The predicted octanol–water partition coefficient (Wildman–Crippen LogP) is 1.38. The number of anilines is 1. The Morgan fingerprint density at radius 2 is 1.50 bits per heavy atom. The van der Waals surface area contributed by atoms with E-state index in [1.54, 1.807) is 18.2 Å². The zero-order valence-electron chi connectivity index (χ0n) is 8.13. The largest absolute Gasteiger partial charge is 0.324 e. The quantitative estimate of drug-likeness (QED) is 0.431. The molecule has 3 N–H and O–H groups in total. The molecule has 0 unspecified atom stereocenters. The van der Waals surface area contributed by atoms with Gasteiger partial charge in [-0.2, -0.15) is 0 Å². The highest BCUT2D eigenvalue weighted by molar-refractivity contribution is 6.00. The molecule has 1 rings (SSSR count). The summed E-state index contributed by atoms with van der Waals surface area (Å²) in [5, 5.41) is 0. The van der Waals surface area contributed by atoms with Crippen molar-refractivity contribution < 1.29 is 9.59 Å². The lowest BCUT2D eigenvalue weighted by atomic mass is 10.0. The Bertz CT molecular complexity index is 353. The summed E-state index contributed by atoms with van der Waals surface area (Å²) in [6.07, 6.45) is 0. The molecule has 4 nitrogen and oxygen atoms in total. The van der Waals surface area contributed by atoms with Crippen molar-refractivity contribution in [2.24, 2.45) is 5.84 Å². The van der Waals surface area contributed by atoms with E-state index in [4.69, 9.17) is 5.84 Å². The van der Waals surface area contributed by atoms with Crippen molar-refractivity contribution in [3.63, 3.8) is 0 Å². The molecule has 0 bridgehead atoms. The Balaban J connectivity index is 3.27. The molecule has 0 fully saturated rings. The minimum Gasteiger partial charge on any atom is -0.324 e. The molecule has 74 valence electrons. The summed E-state index contributed by atoms with van der Waals surface area (Å²) in [5.41, 5.74) is 3.93. The number of carbonyl (C=O) groups excluding carboxylic acids is 2. The van der Waals surface area contributed by atoms with Crippen LogP contribution in [0.3, 0.4) is 0 Å². The molecule has 0 aliphatic carbocycles. The van der Waals surface area contributed by atoms with Crippen molar-refractivity contribution in [2.75, 3.05) is 5.43 Å². The average molecular weight is 192 g/mol. The van der Waals surface area contributed by atoms with Crippen LogP contribution in [0, 0.1) is 0 Å². The second-order valence-electron chi connectivity index (χ2n) is 3.06. The SMILES string of the molecule is CC(=O)c1cc(NN)cc(C(C)=O)c1. The van der Waals surface area contributed by atoms with Gasteiger partial charge in [0, 0.05) is 16.8 Å². The van der Waals surface area contributed by atoms with E-state index < -0.39 is 0 Å². The summed E-state index contributed by atoms with van der Waals surface area (Å²) in [5.74, 6) is 5.03. The smallest absolute Gasteiger partial charge is 0.159 e. The summed E-state index contributed by atoms with van der Waals surface area (Å²) in [6.45, 7) is 2.89. The van der Waals surface area contributed by atoms with Gasteiger partial charge in [-0.05, 0) is 32.0 Å². The summed E-state index contributed by atoms with van der Waals surface area (Å²) in [7, 11) is 0. The molecule has 0 aromatic heterocycles. The van der Waals surface area contributed by atoms with Crippen molar-refractivity contribution in [3.8, 4) is 0 Å². The number of Topliss-reactive ketones (excluding diaryl/α,β-unsaturated/α-hetero) is 2. The average Bonchev–Trinajstić information content (AvgIpc) is 2.16. The first-order valence-electron chi connectivity index (χ1n) is 4.18. The zero-order valence-corrected chi connectivity index (χ0v) is 8.13. The first-order valence-corrected chi connectivity index (χ1v) is 4.18. The molecule has 0 heterocycles. The van der Waals surface area contributed by atoms with Crippen LogP contribution in [0.2, 0.25) is 0 Å². The third kappa shape index (κ3) is 2.17. The highest BCUT2D eigenvalue weighted by Crippen LogP contribution is 2.15. The molecule has 0 aliphatic heterocycles. The van der Waals surface area contributed by atoms with Crippen LogP contribution < -0.4 is 11.3 Å². The van der Waals surface area contributed by atoms with E-state index in [9.17, 15) is 9.59 Å². The molecular weight excluding hydrogens is 180 g/mol. The summed E-state index contributed by atoms with van der Waals surface area (Å²) >= 11 is 0. The van der Waals surface area contributed by atoms with E-state index in [0.717, 1.165) is 0 Å². The second-order valence-corrected chi connectivity index (χ2v) is 3.06. The first kappa shape index (κ1) is 10.4. The fourth-order valence-electron chi connectivity index (χ4n) is 1.12. The normalized spacial score (nSPS) is 9.64. The van der Waals surface area contributed by atoms with Crippen molar-refractivity contribution in [1.82, 2.24) is 0 Å². The number of rotatable bonds is 3. The number of nitrogens with two attached hydrogens (primary N) is 1. The lowest BCUT2D eigenvalue weighted by Gasteiger charge is -2.05. The van der Waals surface area contributed by atoms with Crippen molar-refractivity contribution in [3.05, 3.63) is 29.3 Å². The van der Waals surface area contributed by atoms with E-state index in [0.29, 0.717) is 16.8 Å². The highest BCUT2D eigenvalue weighted by atomic mass is 16.1. The standard InChI is InChI=1S/C10H12N2O2/c1-6(13)8-3-9(7(2)14)5-10(4-8)12-11/h3-5,12H,11H2,1-2H3. The molecule has 1 aromatic carbocycles. The van der Waals surface area contributed by atoms with Crippen molar-refractivity contribution >= 4 is 17.3 Å². The number of hydrogen-bond acceptors (Lipinski definition) is 4. The van der Waals surface area contributed by atoms with E-state index in [1.165, 1.54) is 13.8 Å². The Kier molecular flexibility index (Phi) is 2.99. The van der Waals surface area contributed by atoms with Gasteiger partial charge < -0.3 is 5.43 Å². The van der Waals surface area contributed by atoms with Gasteiger partial charge >= 0.3 is 0 Å². The number of nitrogens with one attached hydrogen (secondary N) is 1. The number of benzene rings is 1. The monoisotopic (exact) mass is 192 g/mol. The van der Waals surface area contributed by atoms with Crippen LogP contribution in [0.1, 0.15) is 34.6 Å². The van der Waals surface area contributed by atoms with E-state index in [-0.39, 0.29) is 11.6 Å². The molecule has 0 spiro atoms. The Morgan fingerprint density at radius 3 is 1.79 bits per heavy atom. The maximum atomic E-state index is 11.1. The third-order valence-electron chi connectivity index (χ3n) is 1.91. The van der Waals surface area contributed by atoms with Crippen LogP contribution in [-0.2, 0) is 0 Å². The van der Waals surface area contributed by atoms with E-state index >= 15 is 0 Å². The van der Waals surface area contributed by atoms with Crippen LogP contribution in [0.25, 0.3) is 0 Å². The number of hydrazine groups is 1. The molecule has 4 heteroatoms. The highest BCUT2D eigenvalue weighted by Gasteiger charge is 2.06. The molecule has 0 saturated carbocycles. The molecule has 0 aliphatic rings. The fraction of sp³-hybridized carbons (Fsp3) is 0.200. The van der Waals surface area contributed by atoms with Crippen LogP contribution in [-0.4, -0.2) is 11.6 Å². The Labute approximate surface area is 82.1 Å². The maximum Gasteiger partial charge on any atom is 0.159 e. The number of hydrogen-bond donors (Lipinski definition) is 2. The summed E-state index contributed by atoms with van der Waals surface area (Å²) in [6, 6.07) is 4.77. The summed E-state index contributed by atoms with van der Waals surface area (Å²) < 4.78 is 0. The van der Waals surface area contributed by atoms with Gasteiger partial charge in [0.05, 0.1) is 0 Å². The molecule has 0 atom stereocenters. The molecule has 14 heavy (non-hydrogen) atoms. The lowest BCUT2D eigenvalue weighted by Crippen LogP contribution is -2.09. The zero-order chi connectivity index (χ0) is 10.7. The van der Waals surface area contributed by atoms with Crippen molar-refractivity contribution in [2.45, 2.75) is 13.8 Å². The predicted molar refractivity (Wildman–Crippen MR) is 54.3 cm³/mol. The van der Waals surface area contributed by atoms with Gasteiger partial charge in [0.25, 0.3) is 0 Å². The summed E-state index contributed by atoms with van der Waals surface area (Å²) in [4.78, 5) is 22.2. The van der Waals surface area contributed by atoms with Crippen LogP contribution in [0.5, 0.6) is 0 Å². The van der Waals surface area contributed by atoms with E-state index in [1.807, 2.05) is 0 Å².